The normalized spacial score (nSPS) is 10.0. The van der Waals surface area contributed by atoms with Crippen LogP contribution in [0.4, 0.5) is 0 Å². The van der Waals surface area contributed by atoms with Crippen molar-refractivity contribution in [2.24, 2.45) is 0 Å². The van der Waals surface area contributed by atoms with Gasteiger partial charge in [-0.3, -0.25) is 0 Å². The average molecular weight is 368 g/mol. The van der Waals surface area contributed by atoms with E-state index in [9.17, 15) is 15.0 Å². The third-order valence-corrected chi connectivity index (χ3v) is 3.61. The topological polar surface area (TPSA) is 79.9 Å². The first-order chi connectivity index (χ1) is 11.5. The Balaban J connectivity index is 0.00000312. The lowest BCUT2D eigenvalue weighted by Gasteiger charge is -2.06. The Morgan fingerprint density at radius 2 is 1.84 bits per heavy atom. The van der Waals surface area contributed by atoms with E-state index < -0.39 is 0 Å². The fourth-order valence-corrected chi connectivity index (χ4v) is 2.25. The predicted molar refractivity (Wildman–Crippen MR) is 87.2 cm³/mol. The standard InChI is InChI=1S/C18H21NO5.ClH/c1-3-23-15-7-5-14(6-8-15)18(22)24-12-4-10-19-11-9-16(20)17(21)13(19)2;/h5-9,11,21H,3-4,10,12H2,1-2H3;1H. The highest BCUT2D eigenvalue weighted by molar-refractivity contribution is 5.89. The van der Waals surface area contributed by atoms with Crippen LogP contribution in [-0.2, 0) is 11.3 Å². The molecular weight excluding hydrogens is 346 g/mol. The molecule has 2 aromatic rings. The maximum Gasteiger partial charge on any atom is 0.338 e. The van der Waals surface area contributed by atoms with Gasteiger partial charge in [-0.15, -0.1) is 0 Å². The number of hydrogen-bond donors (Lipinski definition) is 2. The van der Waals surface area contributed by atoms with Crippen molar-refractivity contribution in [1.29, 1.82) is 0 Å². The minimum atomic E-state index is -0.381. The first-order valence-corrected chi connectivity index (χ1v) is 7.84. The molecule has 7 heteroatoms. The number of ether oxygens (including phenoxy) is 2. The van der Waals surface area contributed by atoms with Gasteiger partial charge in [-0.1, -0.05) is 0 Å². The van der Waals surface area contributed by atoms with Crippen LogP contribution >= 0.6 is 0 Å². The lowest BCUT2D eigenvalue weighted by Crippen LogP contribution is -3.00. The molecule has 0 aliphatic rings. The first-order valence-electron chi connectivity index (χ1n) is 7.84. The molecule has 0 aliphatic carbocycles. The number of esters is 1. The maximum absolute atomic E-state index is 11.9. The Labute approximate surface area is 153 Å². The highest BCUT2D eigenvalue weighted by atomic mass is 35.5. The van der Waals surface area contributed by atoms with Crippen molar-refractivity contribution in [3.05, 3.63) is 47.8 Å². The van der Waals surface area contributed by atoms with Gasteiger partial charge in [-0.25, -0.2) is 4.79 Å². The lowest BCUT2D eigenvalue weighted by molar-refractivity contribution is -0.703. The number of aromatic hydroxyl groups is 2. The van der Waals surface area contributed by atoms with Gasteiger partial charge in [0, 0.05) is 19.4 Å². The summed E-state index contributed by atoms with van der Waals surface area (Å²) in [6, 6.07) is 8.24. The minimum Gasteiger partial charge on any atom is -1.00 e. The van der Waals surface area contributed by atoms with Crippen LogP contribution in [0.1, 0.15) is 29.4 Å². The zero-order valence-corrected chi connectivity index (χ0v) is 15.0. The van der Waals surface area contributed by atoms with E-state index in [1.54, 1.807) is 42.0 Å². The number of nitrogens with zero attached hydrogens (tertiary/aromatic N) is 1. The number of halogens is 1. The summed E-state index contributed by atoms with van der Waals surface area (Å²) in [5.74, 6) is 0.0518. The Bertz CT molecular complexity index is 703. The predicted octanol–water partition coefficient (Wildman–Crippen LogP) is -0.656. The highest BCUT2D eigenvalue weighted by Gasteiger charge is 2.15. The van der Waals surface area contributed by atoms with Crippen molar-refractivity contribution in [3.63, 3.8) is 0 Å². The van der Waals surface area contributed by atoms with E-state index in [0.717, 1.165) is 0 Å². The van der Waals surface area contributed by atoms with E-state index in [4.69, 9.17) is 9.47 Å². The van der Waals surface area contributed by atoms with Crippen LogP contribution in [0.25, 0.3) is 0 Å². The summed E-state index contributed by atoms with van der Waals surface area (Å²) < 4.78 is 12.4. The molecule has 0 atom stereocenters. The maximum atomic E-state index is 11.9. The summed E-state index contributed by atoms with van der Waals surface area (Å²) in [5.41, 5.74) is 1.04. The molecule has 1 aromatic carbocycles. The SMILES string of the molecule is CCOc1ccc(C(=O)OCCC[n+]2ccc(O)c(O)c2C)cc1.[Cl-]. The first kappa shape index (κ1) is 20.6. The van der Waals surface area contributed by atoms with Gasteiger partial charge in [-0.2, -0.15) is 4.57 Å². The monoisotopic (exact) mass is 367 g/mol. The van der Waals surface area contributed by atoms with Gasteiger partial charge in [0.2, 0.25) is 11.4 Å². The minimum absolute atomic E-state index is 0. The summed E-state index contributed by atoms with van der Waals surface area (Å²) >= 11 is 0. The molecule has 6 nitrogen and oxygen atoms in total. The van der Waals surface area contributed by atoms with Crippen LogP contribution in [0.3, 0.4) is 0 Å². The molecule has 0 radical (unpaired) electrons. The molecule has 0 aliphatic heterocycles. The van der Waals surface area contributed by atoms with Gasteiger partial charge in [0.05, 0.1) is 18.8 Å². The van der Waals surface area contributed by atoms with Crippen LogP contribution in [0, 0.1) is 6.92 Å². The smallest absolute Gasteiger partial charge is 0.338 e. The van der Waals surface area contributed by atoms with Gasteiger partial charge in [0.25, 0.3) is 0 Å². The van der Waals surface area contributed by atoms with Crippen molar-refractivity contribution in [2.75, 3.05) is 13.2 Å². The molecule has 1 heterocycles. The van der Waals surface area contributed by atoms with Gasteiger partial charge < -0.3 is 32.1 Å². The largest absolute Gasteiger partial charge is 1.00 e. The van der Waals surface area contributed by atoms with E-state index in [2.05, 4.69) is 0 Å². The number of benzene rings is 1. The van der Waals surface area contributed by atoms with Crippen LogP contribution < -0.4 is 21.7 Å². The summed E-state index contributed by atoms with van der Waals surface area (Å²) in [6.07, 6.45) is 2.27. The second kappa shape index (κ2) is 9.74. The van der Waals surface area contributed by atoms with E-state index in [1.807, 2.05) is 6.92 Å². The number of carbonyl (C=O) groups is 1. The van der Waals surface area contributed by atoms with Crippen molar-refractivity contribution in [2.45, 2.75) is 26.8 Å². The van der Waals surface area contributed by atoms with Crippen molar-refractivity contribution < 1.29 is 41.5 Å². The van der Waals surface area contributed by atoms with E-state index in [-0.39, 0.29) is 36.5 Å². The second-order valence-corrected chi connectivity index (χ2v) is 5.28. The van der Waals surface area contributed by atoms with Crippen LogP contribution in [0.5, 0.6) is 17.2 Å². The molecule has 0 saturated carbocycles. The zero-order valence-electron chi connectivity index (χ0n) is 14.2. The summed E-state index contributed by atoms with van der Waals surface area (Å²) in [7, 11) is 0. The fourth-order valence-electron chi connectivity index (χ4n) is 2.25. The molecule has 0 amide bonds. The molecule has 0 spiro atoms. The molecule has 1 aromatic heterocycles. The van der Waals surface area contributed by atoms with Crippen molar-refractivity contribution in [1.82, 2.24) is 0 Å². The summed E-state index contributed by atoms with van der Waals surface area (Å²) in [6.45, 7) is 5.01. The molecule has 25 heavy (non-hydrogen) atoms. The van der Waals surface area contributed by atoms with Gasteiger partial charge in [0.1, 0.15) is 5.75 Å². The molecule has 0 fully saturated rings. The zero-order chi connectivity index (χ0) is 17.5. The fraction of sp³-hybridized carbons (Fsp3) is 0.333. The highest BCUT2D eigenvalue weighted by Crippen LogP contribution is 2.24. The number of aromatic nitrogens is 1. The third kappa shape index (κ3) is 5.53. The van der Waals surface area contributed by atoms with Gasteiger partial charge in [-0.05, 0) is 31.2 Å². The van der Waals surface area contributed by atoms with E-state index in [0.29, 0.717) is 36.6 Å². The Kier molecular flexibility index (Phi) is 8.01. The average Bonchev–Trinajstić information content (AvgIpc) is 2.59. The Hall–Kier alpha value is -2.47. The molecule has 0 bridgehead atoms. The van der Waals surface area contributed by atoms with Crippen molar-refractivity contribution in [3.8, 4) is 17.2 Å². The van der Waals surface area contributed by atoms with E-state index in [1.165, 1.54) is 6.07 Å². The summed E-state index contributed by atoms with van der Waals surface area (Å²) in [5, 5.41) is 19.1. The number of aryl methyl sites for hydroxylation is 1. The molecule has 2 N–H and O–H groups in total. The summed E-state index contributed by atoms with van der Waals surface area (Å²) in [4.78, 5) is 11.9. The molecular formula is C18H22ClNO5. The van der Waals surface area contributed by atoms with Gasteiger partial charge >= 0.3 is 5.97 Å². The molecule has 0 unspecified atom stereocenters. The van der Waals surface area contributed by atoms with Crippen LogP contribution in [0.15, 0.2) is 36.5 Å². The van der Waals surface area contributed by atoms with Gasteiger partial charge in [0.15, 0.2) is 18.5 Å². The van der Waals surface area contributed by atoms with Crippen LogP contribution in [0.2, 0.25) is 0 Å². The number of pyridine rings is 1. The molecule has 2 rings (SSSR count). The lowest BCUT2D eigenvalue weighted by atomic mass is 10.2. The number of hydrogen-bond acceptors (Lipinski definition) is 5. The van der Waals surface area contributed by atoms with E-state index >= 15 is 0 Å². The van der Waals surface area contributed by atoms with Crippen molar-refractivity contribution >= 4 is 5.97 Å². The van der Waals surface area contributed by atoms with Crippen LogP contribution in [-0.4, -0.2) is 29.4 Å². The third-order valence-electron chi connectivity index (χ3n) is 3.61. The number of carbonyl (C=O) groups excluding carboxylic acids is 1. The Morgan fingerprint density at radius 1 is 1.16 bits per heavy atom. The second-order valence-electron chi connectivity index (χ2n) is 5.28. The molecule has 136 valence electrons. The molecule has 0 saturated heterocycles. The quantitative estimate of drug-likeness (QED) is 0.386. The number of rotatable bonds is 7. The Morgan fingerprint density at radius 3 is 2.48 bits per heavy atom.